The lowest BCUT2D eigenvalue weighted by Crippen LogP contribution is -2.26. The summed E-state index contributed by atoms with van der Waals surface area (Å²) < 4.78 is 0. The molecule has 0 heterocycles. The predicted molar refractivity (Wildman–Crippen MR) is 75.2 cm³/mol. The molecule has 1 aromatic carbocycles. The van der Waals surface area contributed by atoms with Gasteiger partial charge in [0.1, 0.15) is 0 Å². The molecule has 1 unspecified atom stereocenters. The Kier molecular flexibility index (Phi) is 5.86. The summed E-state index contributed by atoms with van der Waals surface area (Å²) in [7, 11) is 0. The quantitative estimate of drug-likeness (QED) is 0.812. The first-order chi connectivity index (χ1) is 8.52. The Balaban J connectivity index is 2.41. The average molecular weight is 248 g/mol. The summed E-state index contributed by atoms with van der Waals surface area (Å²) in [6.07, 6.45) is 0.501. The molecule has 0 aliphatic carbocycles. The fraction of sp³-hybridized carbons (Fsp3) is 0.533. The van der Waals surface area contributed by atoms with Crippen molar-refractivity contribution in [2.75, 3.05) is 6.54 Å². The molecule has 18 heavy (non-hydrogen) atoms. The Morgan fingerprint density at radius 1 is 1.22 bits per heavy atom. The number of hydrogen-bond donors (Lipinski definition) is 2. The van der Waals surface area contributed by atoms with Crippen LogP contribution in [0.4, 0.5) is 0 Å². The molecule has 1 atom stereocenters. The van der Waals surface area contributed by atoms with Crippen molar-refractivity contribution in [3.05, 3.63) is 35.4 Å². The topological polar surface area (TPSA) is 55.1 Å². The van der Waals surface area contributed by atoms with Gasteiger partial charge in [-0.1, -0.05) is 45.0 Å². The number of benzene rings is 1. The maximum Gasteiger partial charge on any atom is 0.220 e. The number of nitrogens with two attached hydrogens (primary N) is 1. The average Bonchev–Trinajstić information content (AvgIpc) is 2.36. The van der Waals surface area contributed by atoms with E-state index in [0.717, 1.165) is 5.56 Å². The van der Waals surface area contributed by atoms with Gasteiger partial charge in [0.15, 0.2) is 0 Å². The minimum atomic E-state index is 0.0703. The van der Waals surface area contributed by atoms with Crippen LogP contribution >= 0.6 is 0 Å². The van der Waals surface area contributed by atoms with Crippen molar-refractivity contribution >= 4 is 5.91 Å². The molecular weight excluding hydrogens is 224 g/mol. The summed E-state index contributed by atoms with van der Waals surface area (Å²) in [6.45, 7) is 7.47. The van der Waals surface area contributed by atoms with Gasteiger partial charge in [0, 0.05) is 13.0 Å². The molecule has 0 aliphatic heterocycles. The second-order valence-corrected chi connectivity index (χ2v) is 5.22. The van der Waals surface area contributed by atoms with Crippen molar-refractivity contribution < 1.29 is 4.79 Å². The summed E-state index contributed by atoms with van der Waals surface area (Å²) in [6, 6.07) is 8.38. The highest BCUT2D eigenvalue weighted by molar-refractivity contribution is 5.76. The van der Waals surface area contributed by atoms with Gasteiger partial charge in [-0.3, -0.25) is 4.79 Å². The van der Waals surface area contributed by atoms with Crippen LogP contribution in [0.1, 0.15) is 44.2 Å². The Labute approximate surface area is 110 Å². The molecule has 1 aromatic rings. The highest BCUT2D eigenvalue weighted by atomic mass is 16.1. The zero-order valence-electron chi connectivity index (χ0n) is 11.6. The molecule has 0 bridgehead atoms. The molecule has 3 N–H and O–H groups in total. The summed E-state index contributed by atoms with van der Waals surface area (Å²) >= 11 is 0. The second-order valence-electron chi connectivity index (χ2n) is 5.22. The fourth-order valence-corrected chi connectivity index (χ4v) is 1.69. The van der Waals surface area contributed by atoms with E-state index in [2.05, 4.69) is 43.4 Å². The van der Waals surface area contributed by atoms with Crippen molar-refractivity contribution in [1.29, 1.82) is 0 Å². The van der Waals surface area contributed by atoms with Crippen LogP contribution in [0, 0.1) is 5.92 Å². The second kappa shape index (κ2) is 7.17. The van der Waals surface area contributed by atoms with Gasteiger partial charge >= 0.3 is 0 Å². The molecule has 0 aromatic heterocycles. The molecular formula is C15H24N2O. The highest BCUT2D eigenvalue weighted by Gasteiger charge is 2.07. The van der Waals surface area contributed by atoms with Crippen molar-refractivity contribution in [2.45, 2.75) is 39.7 Å². The predicted octanol–water partition coefficient (Wildman–Crippen LogP) is 2.41. The van der Waals surface area contributed by atoms with Gasteiger partial charge in [0.05, 0.1) is 0 Å². The van der Waals surface area contributed by atoms with Crippen LogP contribution in [0.2, 0.25) is 0 Å². The molecule has 0 aliphatic rings. The van der Waals surface area contributed by atoms with E-state index in [0.29, 0.717) is 25.4 Å². The summed E-state index contributed by atoms with van der Waals surface area (Å²) in [5.41, 5.74) is 7.95. The van der Waals surface area contributed by atoms with E-state index < -0.39 is 0 Å². The van der Waals surface area contributed by atoms with Gasteiger partial charge in [-0.05, 0) is 29.5 Å². The van der Waals surface area contributed by atoms with Gasteiger partial charge < -0.3 is 11.1 Å². The minimum Gasteiger partial charge on any atom is -0.352 e. The standard InChI is InChI=1S/C15H24N2O/c1-11(2)14-6-4-13(5-7-14)10-17-15(18)8-12(3)9-16/h4-7,11-12H,8-10,16H2,1-3H3,(H,17,18). The van der Waals surface area contributed by atoms with Crippen LogP contribution in [0.25, 0.3) is 0 Å². The molecule has 0 saturated heterocycles. The van der Waals surface area contributed by atoms with Crippen molar-refractivity contribution in [1.82, 2.24) is 5.32 Å². The molecule has 0 spiro atoms. The third-order valence-electron chi connectivity index (χ3n) is 3.07. The molecule has 0 saturated carbocycles. The first-order valence-electron chi connectivity index (χ1n) is 6.58. The summed E-state index contributed by atoms with van der Waals surface area (Å²) in [4.78, 5) is 11.6. The van der Waals surface area contributed by atoms with Gasteiger partial charge in [0.2, 0.25) is 5.91 Å². The normalized spacial score (nSPS) is 12.5. The number of hydrogen-bond acceptors (Lipinski definition) is 2. The number of nitrogens with one attached hydrogen (secondary N) is 1. The first kappa shape index (κ1) is 14.7. The maximum absolute atomic E-state index is 11.6. The molecule has 0 radical (unpaired) electrons. The van der Waals surface area contributed by atoms with E-state index in [1.165, 1.54) is 5.56 Å². The number of carbonyl (C=O) groups is 1. The third-order valence-corrected chi connectivity index (χ3v) is 3.07. The lowest BCUT2D eigenvalue weighted by atomic mass is 10.0. The van der Waals surface area contributed by atoms with Crippen molar-refractivity contribution in [2.24, 2.45) is 11.7 Å². The van der Waals surface area contributed by atoms with Crippen LogP contribution in [-0.4, -0.2) is 12.5 Å². The maximum atomic E-state index is 11.6. The van der Waals surface area contributed by atoms with E-state index in [9.17, 15) is 4.79 Å². The van der Waals surface area contributed by atoms with Gasteiger partial charge in [-0.2, -0.15) is 0 Å². The molecule has 3 nitrogen and oxygen atoms in total. The third kappa shape index (κ3) is 4.88. The monoisotopic (exact) mass is 248 g/mol. The smallest absolute Gasteiger partial charge is 0.220 e. The van der Waals surface area contributed by atoms with Crippen LogP contribution in [-0.2, 0) is 11.3 Å². The van der Waals surface area contributed by atoms with Gasteiger partial charge in [0.25, 0.3) is 0 Å². The van der Waals surface area contributed by atoms with Crippen LogP contribution in [0.5, 0.6) is 0 Å². The fourth-order valence-electron chi connectivity index (χ4n) is 1.69. The molecule has 1 amide bonds. The van der Waals surface area contributed by atoms with Crippen LogP contribution in [0.15, 0.2) is 24.3 Å². The Bertz CT molecular complexity index is 371. The van der Waals surface area contributed by atoms with Gasteiger partial charge in [-0.25, -0.2) is 0 Å². The van der Waals surface area contributed by atoms with Crippen LogP contribution in [0.3, 0.4) is 0 Å². The summed E-state index contributed by atoms with van der Waals surface area (Å²) in [5, 5.41) is 2.92. The van der Waals surface area contributed by atoms with E-state index in [1.54, 1.807) is 0 Å². The van der Waals surface area contributed by atoms with Crippen LogP contribution < -0.4 is 11.1 Å². The van der Waals surface area contributed by atoms with Gasteiger partial charge in [-0.15, -0.1) is 0 Å². The first-order valence-corrected chi connectivity index (χ1v) is 6.58. The van der Waals surface area contributed by atoms with Crippen molar-refractivity contribution in [3.63, 3.8) is 0 Å². The Morgan fingerprint density at radius 3 is 2.33 bits per heavy atom. The number of amides is 1. The number of carbonyl (C=O) groups excluding carboxylic acids is 1. The lowest BCUT2D eigenvalue weighted by Gasteiger charge is -2.10. The Morgan fingerprint density at radius 2 is 1.83 bits per heavy atom. The van der Waals surface area contributed by atoms with E-state index >= 15 is 0 Å². The molecule has 3 heteroatoms. The SMILES string of the molecule is CC(CN)CC(=O)NCc1ccc(C(C)C)cc1. The zero-order valence-corrected chi connectivity index (χ0v) is 11.6. The summed E-state index contributed by atoms with van der Waals surface area (Å²) in [5.74, 6) is 0.855. The molecule has 1 rings (SSSR count). The minimum absolute atomic E-state index is 0.0703. The lowest BCUT2D eigenvalue weighted by molar-refractivity contribution is -0.122. The van der Waals surface area contributed by atoms with E-state index in [4.69, 9.17) is 5.73 Å². The molecule has 0 fully saturated rings. The highest BCUT2D eigenvalue weighted by Crippen LogP contribution is 2.14. The van der Waals surface area contributed by atoms with Crippen molar-refractivity contribution in [3.8, 4) is 0 Å². The molecule has 100 valence electrons. The number of rotatable bonds is 6. The Hall–Kier alpha value is -1.35. The van der Waals surface area contributed by atoms with E-state index in [1.807, 2.05) is 6.92 Å². The zero-order chi connectivity index (χ0) is 13.5. The van der Waals surface area contributed by atoms with E-state index in [-0.39, 0.29) is 11.8 Å². The largest absolute Gasteiger partial charge is 0.352 e.